The molecule has 92 valence electrons. The van der Waals surface area contributed by atoms with Crippen LogP contribution in [0.15, 0.2) is 28.7 Å². The van der Waals surface area contributed by atoms with Crippen molar-refractivity contribution >= 4 is 15.9 Å². The first kappa shape index (κ1) is 14.2. The quantitative estimate of drug-likeness (QED) is 0.909. The lowest BCUT2D eigenvalue weighted by molar-refractivity contribution is 0.190. The van der Waals surface area contributed by atoms with Gasteiger partial charge in [-0.25, -0.2) is 0 Å². The summed E-state index contributed by atoms with van der Waals surface area (Å²) in [5, 5.41) is 8.75. The number of likely N-dealkylation sites (N-methyl/N-ethyl adjacent to an activating group) is 1. The van der Waals surface area contributed by atoms with Gasteiger partial charge in [-0.15, -0.1) is 0 Å². The molecule has 2 atom stereocenters. The molecule has 1 aromatic rings. The minimum absolute atomic E-state index is 0.133. The van der Waals surface area contributed by atoms with Crippen LogP contribution in [0.3, 0.4) is 0 Å². The second-order valence-corrected chi connectivity index (χ2v) is 5.00. The first-order valence-electron chi connectivity index (χ1n) is 5.65. The summed E-state index contributed by atoms with van der Waals surface area (Å²) in [7, 11) is 2.01. The Morgan fingerprint density at radius 3 is 2.65 bits per heavy atom. The molecule has 2 unspecified atom stereocenters. The summed E-state index contributed by atoms with van der Waals surface area (Å²) in [4.78, 5) is 2.16. The molecule has 0 spiro atoms. The summed E-state index contributed by atoms with van der Waals surface area (Å²) in [5.74, 6) is 0. The third-order valence-electron chi connectivity index (χ3n) is 3.06. The molecule has 1 aromatic carbocycles. The highest BCUT2D eigenvalue weighted by Gasteiger charge is 2.21. The third kappa shape index (κ3) is 3.53. The number of rotatable bonds is 5. The van der Waals surface area contributed by atoms with Gasteiger partial charge in [-0.1, -0.05) is 34.1 Å². The molecule has 3 nitrogen and oxygen atoms in total. The molecular weight excluding hydrogens is 278 g/mol. The summed E-state index contributed by atoms with van der Waals surface area (Å²) in [5.41, 5.74) is 7.03. The van der Waals surface area contributed by atoms with Crippen molar-refractivity contribution in [2.75, 3.05) is 13.6 Å². The number of nitriles is 1. The maximum Gasteiger partial charge on any atom is 0.0638 e. The van der Waals surface area contributed by atoms with E-state index in [1.165, 1.54) is 5.56 Å². The highest BCUT2D eigenvalue weighted by Crippen LogP contribution is 2.27. The summed E-state index contributed by atoms with van der Waals surface area (Å²) in [6.45, 7) is 2.58. The number of nitrogens with zero attached hydrogens (tertiary/aromatic N) is 2. The Hall–Kier alpha value is -0.890. The molecule has 0 fully saturated rings. The van der Waals surface area contributed by atoms with Crippen molar-refractivity contribution < 1.29 is 0 Å². The lowest BCUT2D eigenvalue weighted by Crippen LogP contribution is -2.37. The third-order valence-corrected chi connectivity index (χ3v) is 3.78. The van der Waals surface area contributed by atoms with Gasteiger partial charge in [0.1, 0.15) is 0 Å². The fourth-order valence-corrected chi connectivity index (χ4v) is 2.39. The van der Waals surface area contributed by atoms with Crippen molar-refractivity contribution in [1.82, 2.24) is 4.90 Å². The van der Waals surface area contributed by atoms with E-state index in [-0.39, 0.29) is 12.1 Å². The van der Waals surface area contributed by atoms with E-state index in [9.17, 15) is 0 Å². The Bertz CT molecular complexity index is 400. The molecule has 0 saturated heterocycles. The van der Waals surface area contributed by atoms with E-state index in [1.54, 1.807) is 0 Å². The molecule has 0 aliphatic heterocycles. The normalized spacial score (nSPS) is 14.4. The smallest absolute Gasteiger partial charge is 0.0638 e. The van der Waals surface area contributed by atoms with Gasteiger partial charge in [-0.3, -0.25) is 4.90 Å². The topological polar surface area (TPSA) is 53.0 Å². The molecule has 4 heteroatoms. The van der Waals surface area contributed by atoms with Crippen molar-refractivity contribution in [1.29, 1.82) is 5.26 Å². The van der Waals surface area contributed by atoms with Crippen molar-refractivity contribution in [3.05, 3.63) is 34.3 Å². The maximum atomic E-state index is 8.75. The van der Waals surface area contributed by atoms with Crippen LogP contribution < -0.4 is 5.73 Å². The molecule has 0 radical (unpaired) electrons. The number of benzene rings is 1. The highest BCUT2D eigenvalue weighted by atomic mass is 79.9. The van der Waals surface area contributed by atoms with Gasteiger partial charge in [-0.2, -0.15) is 5.26 Å². The average molecular weight is 296 g/mol. The standard InChI is InChI=1S/C13H18BrN3/c1-10(7-8-15)17(2)13(9-16)11-5-3-4-6-12(11)14/h3-6,10,13H,7,9,16H2,1-2H3. The van der Waals surface area contributed by atoms with Crippen LogP contribution in [0.4, 0.5) is 0 Å². The Labute approximate surface area is 111 Å². The number of hydrogen-bond donors (Lipinski definition) is 1. The highest BCUT2D eigenvalue weighted by molar-refractivity contribution is 9.10. The first-order chi connectivity index (χ1) is 8.11. The second kappa shape index (κ2) is 6.75. The van der Waals surface area contributed by atoms with E-state index >= 15 is 0 Å². The van der Waals surface area contributed by atoms with Crippen LogP contribution in [0.2, 0.25) is 0 Å². The molecule has 0 aromatic heterocycles. The van der Waals surface area contributed by atoms with Crippen LogP contribution in [0, 0.1) is 11.3 Å². The van der Waals surface area contributed by atoms with Crippen molar-refractivity contribution in [2.24, 2.45) is 5.73 Å². The Kier molecular flexibility index (Phi) is 5.63. The van der Waals surface area contributed by atoms with Crippen molar-refractivity contribution in [3.8, 4) is 6.07 Å². The van der Waals surface area contributed by atoms with Crippen LogP contribution in [0.25, 0.3) is 0 Å². The minimum atomic E-state index is 0.133. The van der Waals surface area contributed by atoms with Gasteiger partial charge in [0.05, 0.1) is 12.5 Å². The molecule has 2 N–H and O–H groups in total. The van der Waals surface area contributed by atoms with Crippen LogP contribution in [0.5, 0.6) is 0 Å². The zero-order valence-electron chi connectivity index (χ0n) is 10.2. The van der Waals surface area contributed by atoms with E-state index in [0.29, 0.717) is 13.0 Å². The summed E-state index contributed by atoms with van der Waals surface area (Å²) >= 11 is 3.55. The van der Waals surface area contributed by atoms with Crippen molar-refractivity contribution in [2.45, 2.75) is 25.4 Å². The van der Waals surface area contributed by atoms with Crippen LogP contribution >= 0.6 is 15.9 Å². The average Bonchev–Trinajstić information content (AvgIpc) is 2.32. The summed E-state index contributed by atoms with van der Waals surface area (Å²) in [6, 6.07) is 10.6. The zero-order chi connectivity index (χ0) is 12.8. The summed E-state index contributed by atoms with van der Waals surface area (Å²) < 4.78 is 1.06. The van der Waals surface area contributed by atoms with Gasteiger partial charge in [-0.05, 0) is 25.6 Å². The lowest BCUT2D eigenvalue weighted by atomic mass is 10.0. The fraction of sp³-hybridized carbons (Fsp3) is 0.462. The molecular formula is C13H18BrN3. The van der Waals surface area contributed by atoms with Gasteiger partial charge in [0.25, 0.3) is 0 Å². The predicted molar refractivity (Wildman–Crippen MR) is 73.4 cm³/mol. The fourth-order valence-electron chi connectivity index (χ4n) is 1.84. The van der Waals surface area contributed by atoms with E-state index in [0.717, 1.165) is 4.47 Å². The first-order valence-corrected chi connectivity index (χ1v) is 6.44. The van der Waals surface area contributed by atoms with Gasteiger partial charge < -0.3 is 5.73 Å². The zero-order valence-corrected chi connectivity index (χ0v) is 11.8. The summed E-state index contributed by atoms with van der Waals surface area (Å²) in [6.07, 6.45) is 0.511. The van der Waals surface area contributed by atoms with E-state index in [4.69, 9.17) is 11.0 Å². The monoisotopic (exact) mass is 295 g/mol. The molecule has 17 heavy (non-hydrogen) atoms. The molecule has 0 heterocycles. The Morgan fingerprint density at radius 1 is 1.47 bits per heavy atom. The number of halogens is 1. The van der Waals surface area contributed by atoms with Gasteiger partial charge >= 0.3 is 0 Å². The van der Waals surface area contributed by atoms with Gasteiger partial charge in [0.2, 0.25) is 0 Å². The Morgan fingerprint density at radius 2 is 2.12 bits per heavy atom. The predicted octanol–water partition coefficient (Wildman–Crippen LogP) is 2.68. The molecule has 0 saturated carbocycles. The Balaban J connectivity index is 2.92. The van der Waals surface area contributed by atoms with E-state index < -0.39 is 0 Å². The minimum Gasteiger partial charge on any atom is -0.329 e. The largest absolute Gasteiger partial charge is 0.329 e. The van der Waals surface area contributed by atoms with E-state index in [1.807, 2.05) is 32.2 Å². The number of hydrogen-bond acceptors (Lipinski definition) is 3. The molecule has 0 aliphatic rings. The van der Waals surface area contributed by atoms with Crippen LogP contribution in [-0.2, 0) is 0 Å². The van der Waals surface area contributed by atoms with Crippen LogP contribution in [-0.4, -0.2) is 24.5 Å². The van der Waals surface area contributed by atoms with Gasteiger partial charge in [0, 0.05) is 23.1 Å². The van der Waals surface area contributed by atoms with Gasteiger partial charge in [0.15, 0.2) is 0 Å². The molecule has 0 aliphatic carbocycles. The van der Waals surface area contributed by atoms with Crippen LogP contribution in [0.1, 0.15) is 24.9 Å². The molecule has 0 bridgehead atoms. The molecule has 1 rings (SSSR count). The SMILES string of the molecule is CC(CC#N)N(C)C(CN)c1ccccc1Br. The van der Waals surface area contributed by atoms with Crippen molar-refractivity contribution in [3.63, 3.8) is 0 Å². The number of nitrogens with two attached hydrogens (primary N) is 1. The lowest BCUT2D eigenvalue weighted by Gasteiger charge is -2.32. The van der Waals surface area contributed by atoms with E-state index in [2.05, 4.69) is 33.0 Å². The second-order valence-electron chi connectivity index (χ2n) is 4.15. The molecule has 0 amide bonds. The maximum absolute atomic E-state index is 8.75.